The minimum atomic E-state index is -0.681. The molecule has 0 aromatic rings. The number of nitrogens with one attached hydrogen (secondary N) is 2. The molecule has 2 amide bonds. The zero-order valence-corrected chi connectivity index (χ0v) is 23.5. The molecule has 1 fully saturated rings. The van der Waals surface area contributed by atoms with Crippen molar-refractivity contribution in [2.24, 2.45) is 11.8 Å². The van der Waals surface area contributed by atoms with E-state index in [0.717, 1.165) is 38.6 Å². The van der Waals surface area contributed by atoms with Crippen LogP contribution in [0.15, 0.2) is 11.6 Å². The van der Waals surface area contributed by atoms with E-state index in [4.69, 9.17) is 4.74 Å². The monoisotopic (exact) mass is 493 g/mol. The van der Waals surface area contributed by atoms with Crippen LogP contribution in [-0.2, 0) is 19.1 Å². The maximum absolute atomic E-state index is 14.0. The summed E-state index contributed by atoms with van der Waals surface area (Å²) in [4.78, 5) is 41.5. The number of amides is 2. The molecule has 2 N–H and O–H groups in total. The van der Waals surface area contributed by atoms with E-state index in [2.05, 4.69) is 17.6 Å². The first-order valence-corrected chi connectivity index (χ1v) is 13.8. The summed E-state index contributed by atoms with van der Waals surface area (Å²) in [5.41, 5.74) is -0.192. The average molecular weight is 494 g/mol. The number of likely N-dealkylation sites (N-methyl/N-ethyl adjacent to an activating group) is 1. The van der Waals surface area contributed by atoms with Gasteiger partial charge in [-0.2, -0.15) is 0 Å². The van der Waals surface area contributed by atoms with Gasteiger partial charge < -0.3 is 20.3 Å². The third-order valence-corrected chi connectivity index (χ3v) is 7.53. The summed E-state index contributed by atoms with van der Waals surface area (Å²) in [5.74, 6) is -0.342. The highest BCUT2D eigenvalue weighted by atomic mass is 16.5. The third kappa shape index (κ3) is 8.62. The molecule has 1 rings (SSSR count). The Bertz CT molecular complexity index is 709. The molecule has 1 unspecified atom stereocenters. The van der Waals surface area contributed by atoms with E-state index in [1.165, 1.54) is 6.42 Å². The zero-order valence-electron chi connectivity index (χ0n) is 23.5. The Balaban J connectivity index is 3.27. The van der Waals surface area contributed by atoms with E-state index in [9.17, 15) is 14.4 Å². The summed E-state index contributed by atoms with van der Waals surface area (Å²) in [6.45, 7) is 14.8. The van der Waals surface area contributed by atoms with E-state index in [1.54, 1.807) is 25.8 Å². The highest BCUT2D eigenvalue weighted by Crippen LogP contribution is 2.29. The molecule has 2 atom stereocenters. The molecular formula is C28H51N3O4. The van der Waals surface area contributed by atoms with E-state index in [-0.39, 0.29) is 35.7 Å². The van der Waals surface area contributed by atoms with Crippen LogP contribution in [0.4, 0.5) is 0 Å². The number of rotatable bonds is 14. The van der Waals surface area contributed by atoms with Crippen molar-refractivity contribution >= 4 is 17.8 Å². The summed E-state index contributed by atoms with van der Waals surface area (Å²) in [6, 6.07) is -0.860. The Labute approximate surface area is 213 Å². The first-order valence-electron chi connectivity index (χ1n) is 13.8. The van der Waals surface area contributed by atoms with Crippen LogP contribution in [-0.4, -0.2) is 60.5 Å². The van der Waals surface area contributed by atoms with Gasteiger partial charge >= 0.3 is 5.97 Å². The molecule has 35 heavy (non-hydrogen) atoms. The van der Waals surface area contributed by atoms with Gasteiger partial charge in [-0.3, -0.25) is 9.59 Å². The van der Waals surface area contributed by atoms with Gasteiger partial charge in [-0.05, 0) is 64.3 Å². The smallest absolute Gasteiger partial charge is 0.333 e. The summed E-state index contributed by atoms with van der Waals surface area (Å²) >= 11 is 0. The van der Waals surface area contributed by atoms with Crippen LogP contribution in [0.3, 0.4) is 0 Å². The van der Waals surface area contributed by atoms with E-state index < -0.39 is 11.6 Å². The second-order valence-corrected chi connectivity index (χ2v) is 10.3. The standard InChI is InChI=1S/C28H51N3O4/c1-9-18-29-28(10-2,11-3)27(34)30-24(22-16-14-13-15-17-22)25(32)31(8)23(20(5)6)19-21(7)26(33)35-12-4/h19-20,22-24,29H,9-18H2,1-8H3,(H,30,34)/b21-19+/t23-,24?/m1/s1. The summed E-state index contributed by atoms with van der Waals surface area (Å²) in [6.07, 6.45) is 9.26. The highest BCUT2D eigenvalue weighted by Gasteiger charge is 2.40. The third-order valence-electron chi connectivity index (χ3n) is 7.53. The van der Waals surface area contributed by atoms with Crippen molar-refractivity contribution in [3.05, 3.63) is 11.6 Å². The molecule has 1 aliphatic carbocycles. The molecule has 1 saturated carbocycles. The van der Waals surface area contributed by atoms with Crippen LogP contribution >= 0.6 is 0 Å². The number of hydrogen-bond donors (Lipinski definition) is 2. The van der Waals surface area contributed by atoms with Gasteiger partial charge in [0.25, 0.3) is 0 Å². The predicted molar refractivity (Wildman–Crippen MR) is 142 cm³/mol. The van der Waals surface area contributed by atoms with Crippen molar-refractivity contribution < 1.29 is 19.1 Å². The number of ether oxygens (including phenoxy) is 1. The number of esters is 1. The molecule has 1 aliphatic rings. The highest BCUT2D eigenvalue weighted by molar-refractivity contribution is 5.92. The maximum Gasteiger partial charge on any atom is 0.333 e. The van der Waals surface area contributed by atoms with E-state index in [1.807, 2.05) is 33.8 Å². The lowest BCUT2D eigenvalue weighted by Crippen LogP contribution is -2.62. The van der Waals surface area contributed by atoms with Gasteiger partial charge in [-0.15, -0.1) is 0 Å². The first kappa shape index (κ1) is 31.1. The molecule has 0 spiro atoms. The molecular weight excluding hydrogens is 442 g/mol. The van der Waals surface area contributed by atoms with Gasteiger partial charge in [0.2, 0.25) is 11.8 Å². The van der Waals surface area contributed by atoms with Crippen LogP contribution in [0.1, 0.15) is 99.8 Å². The number of hydrogen-bond acceptors (Lipinski definition) is 5. The van der Waals surface area contributed by atoms with Gasteiger partial charge in [0.1, 0.15) is 6.04 Å². The Morgan fingerprint density at radius 2 is 1.66 bits per heavy atom. The number of carbonyl (C=O) groups excluding carboxylic acids is 3. The van der Waals surface area contributed by atoms with Crippen molar-refractivity contribution in [2.75, 3.05) is 20.2 Å². The summed E-state index contributed by atoms with van der Waals surface area (Å²) in [7, 11) is 1.78. The molecule has 0 heterocycles. The van der Waals surface area contributed by atoms with Crippen LogP contribution in [0, 0.1) is 11.8 Å². The molecule has 7 heteroatoms. The van der Waals surface area contributed by atoms with Crippen molar-refractivity contribution in [3.8, 4) is 0 Å². The topological polar surface area (TPSA) is 87.7 Å². The van der Waals surface area contributed by atoms with Gasteiger partial charge in [-0.1, -0.05) is 60.0 Å². The van der Waals surface area contributed by atoms with Gasteiger partial charge in [-0.25, -0.2) is 4.79 Å². The van der Waals surface area contributed by atoms with E-state index in [0.29, 0.717) is 25.0 Å². The number of nitrogens with zero attached hydrogens (tertiary/aromatic N) is 1. The Morgan fingerprint density at radius 3 is 2.14 bits per heavy atom. The van der Waals surface area contributed by atoms with E-state index >= 15 is 0 Å². The lowest BCUT2D eigenvalue weighted by atomic mass is 9.82. The Kier molecular flexibility index (Phi) is 13.6. The minimum absolute atomic E-state index is 0.0894. The fraction of sp³-hybridized carbons (Fsp3) is 0.821. The van der Waals surface area contributed by atoms with Crippen LogP contribution in [0.5, 0.6) is 0 Å². The molecule has 0 saturated heterocycles. The predicted octanol–water partition coefficient (Wildman–Crippen LogP) is 4.60. The lowest BCUT2D eigenvalue weighted by Gasteiger charge is -2.39. The van der Waals surface area contributed by atoms with Crippen LogP contribution in [0.2, 0.25) is 0 Å². The zero-order chi connectivity index (χ0) is 26.6. The summed E-state index contributed by atoms with van der Waals surface area (Å²) in [5, 5.41) is 6.66. The SMILES string of the molecule is CCCNC(CC)(CC)C(=O)NC(C(=O)N(C)[C@H](/C=C(\C)C(=O)OCC)C(C)C)C1CCCCC1. The van der Waals surface area contributed by atoms with Gasteiger partial charge in [0.15, 0.2) is 0 Å². The molecule has 0 aromatic carbocycles. The van der Waals surface area contributed by atoms with Gasteiger partial charge in [0, 0.05) is 12.6 Å². The molecule has 0 radical (unpaired) electrons. The van der Waals surface area contributed by atoms with Crippen molar-refractivity contribution in [3.63, 3.8) is 0 Å². The lowest BCUT2D eigenvalue weighted by molar-refractivity contribution is -0.141. The van der Waals surface area contributed by atoms with Gasteiger partial charge in [0.05, 0.1) is 18.2 Å². The first-order chi connectivity index (χ1) is 16.6. The van der Waals surface area contributed by atoms with Crippen LogP contribution in [0.25, 0.3) is 0 Å². The second kappa shape index (κ2) is 15.3. The minimum Gasteiger partial charge on any atom is -0.463 e. The fourth-order valence-electron chi connectivity index (χ4n) is 5.08. The Morgan fingerprint density at radius 1 is 1.06 bits per heavy atom. The molecule has 0 bridgehead atoms. The second-order valence-electron chi connectivity index (χ2n) is 10.3. The normalized spacial score (nSPS) is 17.1. The summed E-state index contributed by atoms with van der Waals surface area (Å²) < 4.78 is 5.14. The maximum atomic E-state index is 14.0. The molecule has 0 aromatic heterocycles. The quantitative estimate of drug-likeness (QED) is 0.273. The molecule has 202 valence electrons. The molecule has 0 aliphatic heterocycles. The van der Waals surface area contributed by atoms with Crippen LogP contribution < -0.4 is 10.6 Å². The Hall–Kier alpha value is -1.89. The fourth-order valence-corrected chi connectivity index (χ4v) is 5.08. The average Bonchev–Trinajstić information content (AvgIpc) is 2.86. The van der Waals surface area contributed by atoms with Crippen molar-refractivity contribution in [1.29, 1.82) is 0 Å². The van der Waals surface area contributed by atoms with Crippen molar-refractivity contribution in [1.82, 2.24) is 15.5 Å². The number of carbonyl (C=O) groups is 3. The van der Waals surface area contributed by atoms with Crippen molar-refractivity contribution in [2.45, 2.75) is 117 Å². The molecule has 7 nitrogen and oxygen atoms in total. The largest absolute Gasteiger partial charge is 0.463 e.